The van der Waals surface area contributed by atoms with Gasteiger partial charge < -0.3 is 58.9 Å². The van der Waals surface area contributed by atoms with Crippen molar-refractivity contribution in [2.24, 2.45) is 17.4 Å². The van der Waals surface area contributed by atoms with Crippen LogP contribution in [0.25, 0.3) is 0 Å². The number of guanidine groups is 1. The second-order valence-corrected chi connectivity index (χ2v) is 20.4. The highest BCUT2D eigenvalue weighted by atomic mass is 35.5. The molecule has 0 bridgehead atoms. The van der Waals surface area contributed by atoms with Crippen LogP contribution in [0.1, 0.15) is 63.3 Å². The van der Waals surface area contributed by atoms with Crippen LogP contribution in [0.4, 0.5) is 0 Å². The van der Waals surface area contributed by atoms with Crippen LogP contribution >= 0.6 is 46.5 Å². The van der Waals surface area contributed by atoms with Crippen molar-refractivity contribution in [2.45, 2.75) is 108 Å². The number of hydrogen-bond acceptors (Lipinski definition) is 13. The molecule has 0 spiro atoms. The van der Waals surface area contributed by atoms with Gasteiger partial charge in [0.05, 0.1) is 12.3 Å². The maximum Gasteiger partial charge on any atom is 0.246 e. The van der Waals surface area contributed by atoms with Crippen molar-refractivity contribution in [1.29, 1.82) is 5.41 Å². The highest BCUT2D eigenvalue weighted by Gasteiger charge is 2.41. The summed E-state index contributed by atoms with van der Waals surface area (Å²) in [5, 5.41) is 31.3. The molecule has 2 aliphatic heterocycles. The number of nitrogens with two attached hydrogens (primary N) is 2. The monoisotopic (exact) mass is 1030 g/mol. The lowest BCUT2D eigenvalue weighted by molar-refractivity contribution is -0.142. The maximum atomic E-state index is 14.5. The van der Waals surface area contributed by atoms with Gasteiger partial charge in [-0.3, -0.25) is 48.6 Å². The van der Waals surface area contributed by atoms with E-state index >= 15 is 0 Å². The highest BCUT2D eigenvalue weighted by molar-refractivity contribution is 7.99. The molecule has 2 aromatic rings. The second-order valence-electron chi connectivity index (χ2n) is 16.7. The minimum Gasteiger partial charge on any atom is -0.370 e. The second kappa shape index (κ2) is 28.2. The van der Waals surface area contributed by atoms with Gasteiger partial charge in [0.25, 0.3) is 0 Å². The highest BCUT2D eigenvalue weighted by Crippen LogP contribution is 2.24. The van der Waals surface area contributed by atoms with Crippen molar-refractivity contribution in [3.05, 3.63) is 57.2 Å². The van der Waals surface area contributed by atoms with Crippen molar-refractivity contribution < 1.29 is 43.2 Å². The Hall–Kier alpha value is -5.59. The average Bonchev–Trinajstić information content (AvgIpc) is 4.01. The number of thioether (sulfide) groups is 2. The number of amides is 9. The molecule has 13 N–H and O–H groups in total. The number of nitrogens with zero attached hydrogens (tertiary/aromatic N) is 1. The van der Waals surface area contributed by atoms with Crippen molar-refractivity contribution in [2.75, 3.05) is 36.2 Å². The molecule has 69 heavy (non-hydrogen) atoms. The molecule has 2 fully saturated rings. The number of thiophene rings is 1. The maximum absolute atomic E-state index is 14.5. The molecule has 378 valence electrons. The third-order valence-electron chi connectivity index (χ3n) is 11.0. The number of nitrogens with one attached hydrogen (secondary N) is 9. The smallest absolute Gasteiger partial charge is 0.246 e. The van der Waals surface area contributed by atoms with E-state index in [0.717, 1.165) is 4.88 Å². The fourth-order valence-corrected chi connectivity index (χ4v) is 10.3. The van der Waals surface area contributed by atoms with Crippen LogP contribution in [0, 0.1) is 11.3 Å². The predicted octanol–water partition coefficient (Wildman–Crippen LogP) is -0.545. The summed E-state index contributed by atoms with van der Waals surface area (Å²) in [5.74, 6) is -6.48. The third-order valence-corrected chi connectivity index (χ3v) is 14.2. The Kier molecular flexibility index (Phi) is 22.9. The largest absolute Gasteiger partial charge is 0.370 e. The van der Waals surface area contributed by atoms with Gasteiger partial charge in [-0.25, -0.2) is 0 Å². The normalized spacial score (nSPS) is 22.7. The van der Waals surface area contributed by atoms with Gasteiger partial charge in [0.15, 0.2) is 5.96 Å². The quantitative estimate of drug-likeness (QED) is 0.0573. The van der Waals surface area contributed by atoms with Gasteiger partial charge >= 0.3 is 0 Å². The van der Waals surface area contributed by atoms with E-state index in [4.69, 9.17) is 28.5 Å². The van der Waals surface area contributed by atoms with Crippen LogP contribution in [0.15, 0.2) is 41.8 Å². The molecule has 0 radical (unpaired) electrons. The first-order valence-electron chi connectivity index (χ1n) is 22.5. The topological polar surface area (TPSA) is 329 Å². The molecule has 25 heteroatoms. The zero-order chi connectivity index (χ0) is 50.6. The first kappa shape index (κ1) is 56.0. The minimum atomic E-state index is -1.61. The Balaban J connectivity index is 1.64. The summed E-state index contributed by atoms with van der Waals surface area (Å²) < 4.78 is 0. The summed E-state index contributed by atoms with van der Waals surface area (Å²) in [5.41, 5.74) is 11.6. The molecular weight excluding hydrogens is 972 g/mol. The molecule has 7 atom stereocenters. The number of benzene rings is 1. The van der Waals surface area contributed by atoms with E-state index in [2.05, 4.69) is 42.5 Å². The zero-order valence-electron chi connectivity index (χ0n) is 38.7. The molecule has 4 rings (SSSR count). The van der Waals surface area contributed by atoms with Gasteiger partial charge in [0.1, 0.15) is 42.3 Å². The van der Waals surface area contributed by atoms with Gasteiger partial charge in [0, 0.05) is 53.8 Å². The molecular formula is C44H63ClN12O9S3. The standard InChI is InChI=1S/C44H63ClN12O9S3/c1-4-49-37(60)28(8-5-15-50-44(47)48)52-41(64)33-22-68-23-57(33)43(66)29-13-17-67-18-14-35(59)51-30(19-25-9-11-26(45)12-10-25)38(61)54-31(20-27-7-6-16-69-27)40(63)56-36(24(2)3)42(65)55-32(21-34(46)58)39(62)53-29/h6-7,9-12,16,24,28-33,36H,4-5,8,13-15,17-23H2,1-3H3,(H2,46,58)(H,49,60)(H,51,59)(H,52,64)(H,53,62)(H,54,61)(H,55,65)(H,56,63)(H4,47,48,50)/t28-,29+,30+,31+,32+,33+,36+/m1/s1. The zero-order valence-corrected chi connectivity index (χ0v) is 41.9. The first-order valence-corrected chi connectivity index (χ1v) is 26.1. The van der Waals surface area contributed by atoms with E-state index < -0.39 is 108 Å². The molecule has 1 aromatic heterocycles. The SMILES string of the molecule is CCNC(=O)[C@@H](CCCNC(=N)N)NC(=O)[C@@H]1CSCN1C(=O)[C@@H]1CCSCCC(=O)N[C@@H](Cc2ccc(Cl)cc2)C(=O)N[C@@H](Cc2cccs2)C(=O)N[C@@H](C(C)C)C(=O)N[C@@H](CC(N)=O)C(=O)N1. The van der Waals surface area contributed by atoms with Gasteiger partial charge in [-0.2, -0.15) is 11.8 Å². The number of carbonyl (C=O) groups is 9. The van der Waals surface area contributed by atoms with Crippen LogP contribution in [0.3, 0.4) is 0 Å². The first-order chi connectivity index (χ1) is 32.9. The molecule has 9 amide bonds. The molecule has 0 aliphatic carbocycles. The average molecular weight is 1040 g/mol. The van der Waals surface area contributed by atoms with E-state index in [1.165, 1.54) is 39.8 Å². The number of hydrogen-bond donors (Lipinski definition) is 11. The van der Waals surface area contributed by atoms with Crippen LogP contribution in [-0.4, -0.2) is 143 Å². The van der Waals surface area contributed by atoms with Crippen molar-refractivity contribution in [1.82, 2.24) is 47.4 Å². The molecule has 2 saturated heterocycles. The van der Waals surface area contributed by atoms with Crippen LogP contribution < -0.4 is 54.0 Å². The number of rotatable bonds is 16. The summed E-state index contributed by atoms with van der Waals surface area (Å²) in [4.78, 5) is 126. The van der Waals surface area contributed by atoms with E-state index in [0.29, 0.717) is 23.6 Å². The van der Waals surface area contributed by atoms with Gasteiger partial charge in [-0.1, -0.05) is 43.6 Å². The number of halogens is 1. The Morgan fingerprint density at radius 3 is 2.19 bits per heavy atom. The Morgan fingerprint density at radius 1 is 0.855 bits per heavy atom. The number of primary amides is 1. The van der Waals surface area contributed by atoms with E-state index in [-0.39, 0.29) is 67.7 Å². The van der Waals surface area contributed by atoms with Gasteiger partial charge in [-0.15, -0.1) is 23.1 Å². The lowest BCUT2D eigenvalue weighted by Crippen LogP contribution is -2.61. The summed E-state index contributed by atoms with van der Waals surface area (Å²) in [6.07, 6.45) is -0.0951. The fourth-order valence-electron chi connectivity index (χ4n) is 7.34. The predicted molar refractivity (Wildman–Crippen MR) is 266 cm³/mol. The summed E-state index contributed by atoms with van der Waals surface area (Å²) >= 11 is 10.0. The van der Waals surface area contributed by atoms with E-state index in [9.17, 15) is 43.2 Å². The number of likely N-dealkylation sites (N-methyl/N-ethyl adjacent to an activating group) is 1. The van der Waals surface area contributed by atoms with E-state index in [1.807, 2.05) is 0 Å². The van der Waals surface area contributed by atoms with Crippen molar-refractivity contribution in [3.8, 4) is 0 Å². The van der Waals surface area contributed by atoms with Crippen LogP contribution in [0.5, 0.6) is 0 Å². The molecule has 21 nitrogen and oxygen atoms in total. The molecule has 0 saturated carbocycles. The van der Waals surface area contributed by atoms with Crippen LogP contribution in [-0.2, 0) is 56.0 Å². The molecule has 1 aromatic carbocycles. The lowest BCUT2D eigenvalue weighted by Gasteiger charge is -2.31. The van der Waals surface area contributed by atoms with E-state index in [1.54, 1.807) is 62.5 Å². The minimum absolute atomic E-state index is 0.0216. The third kappa shape index (κ3) is 18.3. The molecule has 2 aliphatic rings. The number of carbonyl (C=O) groups excluding carboxylic acids is 9. The van der Waals surface area contributed by atoms with Crippen LogP contribution in [0.2, 0.25) is 5.02 Å². The summed E-state index contributed by atoms with van der Waals surface area (Å²) in [6.45, 7) is 5.60. The van der Waals surface area contributed by atoms with Gasteiger partial charge in [-0.05, 0) is 67.0 Å². The molecule has 0 unspecified atom stereocenters. The fraction of sp³-hybridized carbons (Fsp3) is 0.545. The summed E-state index contributed by atoms with van der Waals surface area (Å²) in [6, 6.07) is 1.70. The Bertz CT molecular complexity index is 2140. The lowest BCUT2D eigenvalue weighted by atomic mass is 10.0. The van der Waals surface area contributed by atoms with Crippen molar-refractivity contribution in [3.63, 3.8) is 0 Å². The van der Waals surface area contributed by atoms with Gasteiger partial charge in [0.2, 0.25) is 53.2 Å². The molecule has 3 heterocycles. The van der Waals surface area contributed by atoms with Crippen molar-refractivity contribution >= 4 is 106 Å². The Morgan fingerprint density at radius 2 is 1.54 bits per heavy atom. The Labute approximate surface area is 418 Å². The summed E-state index contributed by atoms with van der Waals surface area (Å²) in [7, 11) is 0.